The van der Waals surface area contributed by atoms with Gasteiger partial charge in [0.1, 0.15) is 5.75 Å². The molecule has 136 valence electrons. The monoisotopic (exact) mass is 357 g/mol. The van der Waals surface area contributed by atoms with Gasteiger partial charge in [0.15, 0.2) is 0 Å². The van der Waals surface area contributed by atoms with E-state index in [1.165, 1.54) is 24.3 Å². The molecule has 0 bridgehead atoms. The first-order valence-corrected chi connectivity index (χ1v) is 8.22. The van der Waals surface area contributed by atoms with Crippen molar-refractivity contribution in [3.63, 3.8) is 0 Å². The molecule has 2 N–H and O–H groups in total. The summed E-state index contributed by atoms with van der Waals surface area (Å²) in [6.07, 6.45) is 0. The number of phenolic OH excluding ortho intramolecular Hbond substituents is 1. The second-order valence-electron chi connectivity index (χ2n) is 5.91. The van der Waals surface area contributed by atoms with Crippen molar-refractivity contribution in [2.45, 2.75) is 6.54 Å². The number of phenols is 1. The van der Waals surface area contributed by atoms with Gasteiger partial charge < -0.3 is 20.1 Å². The molecule has 2 aromatic carbocycles. The van der Waals surface area contributed by atoms with Gasteiger partial charge in [-0.2, -0.15) is 0 Å². The molecule has 26 heavy (non-hydrogen) atoms. The lowest BCUT2D eigenvalue weighted by Crippen LogP contribution is -2.38. The van der Waals surface area contributed by atoms with Crippen LogP contribution in [0, 0.1) is 10.1 Å². The van der Waals surface area contributed by atoms with E-state index < -0.39 is 4.92 Å². The number of benzene rings is 2. The molecule has 0 unspecified atom stereocenters. The average molecular weight is 357 g/mol. The number of nitro benzene ring substituents is 1. The van der Waals surface area contributed by atoms with Crippen LogP contribution in [0.3, 0.4) is 0 Å². The van der Waals surface area contributed by atoms with E-state index in [2.05, 4.69) is 5.32 Å². The third-order valence-corrected chi connectivity index (χ3v) is 4.18. The molecule has 0 aliphatic carbocycles. The van der Waals surface area contributed by atoms with Crippen molar-refractivity contribution in [2.75, 3.05) is 31.2 Å². The molecule has 0 spiro atoms. The summed E-state index contributed by atoms with van der Waals surface area (Å²) >= 11 is 0. The molecule has 3 rings (SSSR count). The lowest BCUT2D eigenvalue weighted by Gasteiger charge is -2.30. The highest BCUT2D eigenvalue weighted by atomic mass is 16.6. The minimum atomic E-state index is -0.514. The number of rotatable bonds is 5. The SMILES string of the molecule is O=C(NCc1ccc(O)cc1)c1cc([N+](=O)[O-])ccc1N1CCOCC1. The number of nitrogens with one attached hydrogen (secondary N) is 1. The summed E-state index contributed by atoms with van der Waals surface area (Å²) < 4.78 is 5.33. The van der Waals surface area contributed by atoms with Crippen LogP contribution in [0.4, 0.5) is 11.4 Å². The molecule has 1 heterocycles. The number of amides is 1. The first kappa shape index (κ1) is 17.7. The number of morpholine rings is 1. The molecule has 0 saturated carbocycles. The third-order valence-electron chi connectivity index (χ3n) is 4.18. The van der Waals surface area contributed by atoms with Crippen molar-refractivity contribution in [1.82, 2.24) is 5.32 Å². The van der Waals surface area contributed by atoms with Crippen molar-refractivity contribution in [2.24, 2.45) is 0 Å². The van der Waals surface area contributed by atoms with Crippen LogP contribution in [0.2, 0.25) is 0 Å². The minimum Gasteiger partial charge on any atom is -0.508 e. The van der Waals surface area contributed by atoms with Gasteiger partial charge in [0.25, 0.3) is 11.6 Å². The highest BCUT2D eigenvalue weighted by Crippen LogP contribution is 2.26. The Hall–Kier alpha value is -3.13. The fourth-order valence-electron chi connectivity index (χ4n) is 2.79. The fraction of sp³-hybridized carbons (Fsp3) is 0.278. The van der Waals surface area contributed by atoms with Crippen LogP contribution in [-0.4, -0.2) is 42.2 Å². The van der Waals surface area contributed by atoms with Gasteiger partial charge in [0, 0.05) is 31.8 Å². The van der Waals surface area contributed by atoms with E-state index in [1.54, 1.807) is 18.2 Å². The quantitative estimate of drug-likeness (QED) is 0.627. The zero-order valence-corrected chi connectivity index (χ0v) is 14.1. The molecule has 1 aliphatic rings. The summed E-state index contributed by atoms with van der Waals surface area (Å²) in [5.74, 6) is -0.239. The molecular formula is C18H19N3O5. The first-order chi connectivity index (χ1) is 12.5. The minimum absolute atomic E-state index is 0.128. The van der Waals surface area contributed by atoms with Gasteiger partial charge >= 0.3 is 0 Å². The molecule has 1 fully saturated rings. The van der Waals surface area contributed by atoms with Gasteiger partial charge in [-0.25, -0.2) is 0 Å². The maximum atomic E-state index is 12.7. The predicted octanol–water partition coefficient (Wildman–Crippen LogP) is 2.07. The van der Waals surface area contributed by atoms with E-state index in [0.717, 1.165) is 5.56 Å². The van der Waals surface area contributed by atoms with Crippen LogP contribution in [-0.2, 0) is 11.3 Å². The molecule has 1 amide bonds. The number of hydrogen-bond donors (Lipinski definition) is 2. The molecule has 2 aromatic rings. The van der Waals surface area contributed by atoms with E-state index in [1.807, 2.05) is 4.90 Å². The standard InChI is InChI=1S/C18H19N3O5/c22-15-4-1-13(2-5-15)12-19-18(23)16-11-14(21(24)25)3-6-17(16)20-7-9-26-10-8-20/h1-6,11,22H,7-10,12H2,(H,19,23). The maximum Gasteiger partial charge on any atom is 0.270 e. The molecule has 0 radical (unpaired) electrons. The summed E-state index contributed by atoms with van der Waals surface area (Å²) in [5.41, 5.74) is 1.60. The second kappa shape index (κ2) is 7.83. The van der Waals surface area contributed by atoms with Crippen molar-refractivity contribution in [1.29, 1.82) is 0 Å². The Morgan fingerprint density at radius 1 is 1.19 bits per heavy atom. The Bertz CT molecular complexity index is 801. The highest BCUT2D eigenvalue weighted by molar-refractivity contribution is 6.00. The van der Waals surface area contributed by atoms with E-state index in [9.17, 15) is 20.0 Å². The number of non-ortho nitro benzene ring substituents is 1. The summed E-state index contributed by atoms with van der Waals surface area (Å²) in [6, 6.07) is 10.8. The van der Waals surface area contributed by atoms with Gasteiger partial charge in [-0.3, -0.25) is 14.9 Å². The predicted molar refractivity (Wildman–Crippen MR) is 95.4 cm³/mol. The number of carbonyl (C=O) groups excluding carboxylic acids is 1. The maximum absolute atomic E-state index is 12.7. The van der Waals surface area contributed by atoms with Crippen LogP contribution < -0.4 is 10.2 Å². The second-order valence-corrected chi connectivity index (χ2v) is 5.91. The van der Waals surface area contributed by atoms with Crippen LogP contribution in [0.1, 0.15) is 15.9 Å². The van der Waals surface area contributed by atoms with E-state index in [0.29, 0.717) is 32.0 Å². The normalized spacial score (nSPS) is 14.1. The zero-order chi connectivity index (χ0) is 18.5. The van der Waals surface area contributed by atoms with Gasteiger partial charge in [-0.05, 0) is 23.8 Å². The van der Waals surface area contributed by atoms with Crippen LogP contribution >= 0.6 is 0 Å². The van der Waals surface area contributed by atoms with Gasteiger partial charge in [0.2, 0.25) is 0 Å². The number of nitro groups is 1. The Morgan fingerprint density at radius 2 is 1.88 bits per heavy atom. The molecule has 1 saturated heterocycles. The van der Waals surface area contributed by atoms with Gasteiger partial charge in [0.05, 0.1) is 29.4 Å². The lowest BCUT2D eigenvalue weighted by atomic mass is 10.1. The van der Waals surface area contributed by atoms with Crippen LogP contribution in [0.15, 0.2) is 42.5 Å². The Balaban J connectivity index is 1.82. The average Bonchev–Trinajstić information content (AvgIpc) is 2.67. The Morgan fingerprint density at radius 3 is 2.54 bits per heavy atom. The largest absolute Gasteiger partial charge is 0.508 e. The number of nitrogens with zero attached hydrogens (tertiary/aromatic N) is 2. The third kappa shape index (κ3) is 4.09. The van der Waals surface area contributed by atoms with Crippen LogP contribution in [0.5, 0.6) is 5.75 Å². The van der Waals surface area contributed by atoms with Crippen LogP contribution in [0.25, 0.3) is 0 Å². The Labute approximate surface area is 150 Å². The molecule has 0 aromatic heterocycles. The van der Waals surface area contributed by atoms with Crippen molar-refractivity contribution in [3.05, 3.63) is 63.7 Å². The molecule has 8 nitrogen and oxygen atoms in total. The molecule has 1 aliphatic heterocycles. The fourth-order valence-corrected chi connectivity index (χ4v) is 2.79. The molecule has 8 heteroatoms. The van der Waals surface area contributed by atoms with E-state index in [-0.39, 0.29) is 29.5 Å². The van der Waals surface area contributed by atoms with Crippen molar-refractivity contribution < 1.29 is 19.6 Å². The Kier molecular flexibility index (Phi) is 5.33. The number of hydrogen-bond acceptors (Lipinski definition) is 6. The number of aromatic hydroxyl groups is 1. The smallest absolute Gasteiger partial charge is 0.270 e. The van der Waals surface area contributed by atoms with Crippen molar-refractivity contribution >= 4 is 17.3 Å². The zero-order valence-electron chi connectivity index (χ0n) is 14.1. The van der Waals surface area contributed by atoms with E-state index in [4.69, 9.17) is 4.74 Å². The lowest BCUT2D eigenvalue weighted by molar-refractivity contribution is -0.384. The van der Waals surface area contributed by atoms with Gasteiger partial charge in [-0.15, -0.1) is 0 Å². The summed E-state index contributed by atoms with van der Waals surface area (Å²) in [7, 11) is 0. The summed E-state index contributed by atoms with van der Waals surface area (Å²) in [6.45, 7) is 2.59. The van der Waals surface area contributed by atoms with Gasteiger partial charge in [-0.1, -0.05) is 12.1 Å². The first-order valence-electron chi connectivity index (χ1n) is 8.22. The summed E-state index contributed by atoms with van der Waals surface area (Å²) in [4.78, 5) is 25.2. The summed E-state index contributed by atoms with van der Waals surface area (Å²) in [5, 5.41) is 23.2. The highest BCUT2D eigenvalue weighted by Gasteiger charge is 2.22. The number of ether oxygens (including phenoxy) is 1. The molecular weight excluding hydrogens is 338 g/mol. The number of carbonyl (C=O) groups is 1. The van der Waals surface area contributed by atoms with E-state index >= 15 is 0 Å². The molecule has 0 atom stereocenters. The number of anilines is 1. The van der Waals surface area contributed by atoms with Crippen molar-refractivity contribution in [3.8, 4) is 5.75 Å². The topological polar surface area (TPSA) is 105 Å².